The van der Waals surface area contributed by atoms with E-state index in [4.69, 9.17) is 4.74 Å². The van der Waals surface area contributed by atoms with Crippen LogP contribution in [0.15, 0.2) is 36.7 Å². The van der Waals surface area contributed by atoms with Crippen LogP contribution in [0.3, 0.4) is 0 Å². The lowest BCUT2D eigenvalue weighted by molar-refractivity contribution is 0.0600. The standard InChI is InChI=1S/C21H24N2O2/c1-12-10-22-19(14(12)3)18(20-15(4)13(2)11-23-20)16-6-8-17(9-7-16)21(24)25-5/h6-11,18,22-23H,1-5H3. The van der Waals surface area contributed by atoms with Crippen molar-refractivity contribution in [2.75, 3.05) is 7.11 Å². The van der Waals surface area contributed by atoms with Gasteiger partial charge in [-0.2, -0.15) is 0 Å². The molecule has 2 heterocycles. The maximum atomic E-state index is 11.7. The number of benzene rings is 1. The molecule has 0 fully saturated rings. The molecule has 2 N–H and O–H groups in total. The van der Waals surface area contributed by atoms with Gasteiger partial charge in [-0.3, -0.25) is 0 Å². The molecule has 1 aromatic carbocycles. The molecule has 25 heavy (non-hydrogen) atoms. The Morgan fingerprint density at radius 1 is 0.880 bits per heavy atom. The molecule has 3 aromatic rings. The van der Waals surface area contributed by atoms with Crippen molar-refractivity contribution in [3.05, 3.63) is 81.4 Å². The number of carbonyl (C=O) groups is 1. The molecule has 0 atom stereocenters. The maximum absolute atomic E-state index is 11.7. The molecule has 0 radical (unpaired) electrons. The molecule has 0 amide bonds. The predicted octanol–water partition coefficient (Wildman–Crippen LogP) is 4.54. The summed E-state index contributed by atoms with van der Waals surface area (Å²) in [5.41, 5.74) is 9.04. The minimum Gasteiger partial charge on any atom is -0.465 e. The van der Waals surface area contributed by atoms with Crippen molar-refractivity contribution in [1.82, 2.24) is 9.97 Å². The minimum atomic E-state index is -0.318. The van der Waals surface area contributed by atoms with Crippen LogP contribution in [0, 0.1) is 27.7 Å². The van der Waals surface area contributed by atoms with Crippen LogP contribution in [0.2, 0.25) is 0 Å². The van der Waals surface area contributed by atoms with Crippen molar-refractivity contribution >= 4 is 5.97 Å². The first-order valence-corrected chi connectivity index (χ1v) is 8.41. The van der Waals surface area contributed by atoms with E-state index in [9.17, 15) is 4.79 Å². The van der Waals surface area contributed by atoms with Gasteiger partial charge in [-0.25, -0.2) is 4.79 Å². The number of ether oxygens (including phenoxy) is 1. The van der Waals surface area contributed by atoms with Crippen molar-refractivity contribution < 1.29 is 9.53 Å². The molecule has 0 aliphatic carbocycles. The Kier molecular flexibility index (Phi) is 4.53. The highest BCUT2D eigenvalue weighted by molar-refractivity contribution is 5.89. The van der Waals surface area contributed by atoms with E-state index in [1.807, 2.05) is 36.7 Å². The maximum Gasteiger partial charge on any atom is 0.337 e. The van der Waals surface area contributed by atoms with E-state index in [0.29, 0.717) is 5.56 Å². The van der Waals surface area contributed by atoms with Gasteiger partial charge in [0.25, 0.3) is 0 Å². The molecule has 2 aromatic heterocycles. The number of esters is 1. The van der Waals surface area contributed by atoms with E-state index >= 15 is 0 Å². The van der Waals surface area contributed by atoms with E-state index in [1.165, 1.54) is 40.8 Å². The second-order valence-corrected chi connectivity index (χ2v) is 6.57. The fourth-order valence-corrected chi connectivity index (χ4v) is 3.24. The Bertz CT molecular complexity index is 854. The summed E-state index contributed by atoms with van der Waals surface area (Å²) < 4.78 is 4.80. The molecule has 4 heteroatoms. The third-order valence-corrected chi connectivity index (χ3v) is 5.12. The summed E-state index contributed by atoms with van der Waals surface area (Å²) in [6, 6.07) is 7.65. The number of carbonyl (C=O) groups excluding carboxylic acids is 1. The van der Waals surface area contributed by atoms with E-state index < -0.39 is 0 Å². The van der Waals surface area contributed by atoms with Crippen LogP contribution in [0.25, 0.3) is 0 Å². The van der Waals surface area contributed by atoms with Crippen LogP contribution in [0.1, 0.15) is 55.5 Å². The van der Waals surface area contributed by atoms with Crippen LogP contribution >= 0.6 is 0 Å². The molecule has 3 rings (SSSR count). The molecule has 4 nitrogen and oxygen atoms in total. The zero-order chi connectivity index (χ0) is 18.1. The fourth-order valence-electron chi connectivity index (χ4n) is 3.24. The molecule has 0 unspecified atom stereocenters. The second kappa shape index (κ2) is 6.63. The monoisotopic (exact) mass is 336 g/mol. The Morgan fingerprint density at radius 2 is 1.36 bits per heavy atom. The van der Waals surface area contributed by atoms with Crippen LogP contribution in [0.4, 0.5) is 0 Å². The lowest BCUT2D eigenvalue weighted by Gasteiger charge is -2.19. The summed E-state index contributed by atoms with van der Waals surface area (Å²) in [5.74, 6) is -0.254. The van der Waals surface area contributed by atoms with E-state index in [1.54, 1.807) is 0 Å². The largest absolute Gasteiger partial charge is 0.465 e. The average molecular weight is 336 g/mol. The Hall–Kier alpha value is -2.75. The quantitative estimate of drug-likeness (QED) is 0.687. The van der Waals surface area contributed by atoms with Crippen LogP contribution in [-0.2, 0) is 4.74 Å². The molecule has 0 saturated carbocycles. The predicted molar refractivity (Wildman–Crippen MR) is 99.3 cm³/mol. The van der Waals surface area contributed by atoms with Crippen molar-refractivity contribution in [2.45, 2.75) is 33.6 Å². The highest BCUT2D eigenvalue weighted by Gasteiger charge is 2.24. The SMILES string of the molecule is COC(=O)c1ccc(C(c2[nH]cc(C)c2C)c2[nH]cc(C)c2C)cc1. The number of nitrogens with one attached hydrogen (secondary N) is 2. The summed E-state index contributed by atoms with van der Waals surface area (Å²) in [4.78, 5) is 18.6. The smallest absolute Gasteiger partial charge is 0.337 e. The molecule has 0 spiro atoms. The first kappa shape index (κ1) is 17.1. The number of aromatic nitrogens is 2. The summed E-state index contributed by atoms with van der Waals surface area (Å²) in [7, 11) is 1.40. The van der Waals surface area contributed by atoms with Gasteiger partial charge in [0.1, 0.15) is 0 Å². The van der Waals surface area contributed by atoms with E-state index in [0.717, 1.165) is 5.56 Å². The first-order chi connectivity index (χ1) is 11.9. The Morgan fingerprint density at radius 3 is 1.72 bits per heavy atom. The summed E-state index contributed by atoms with van der Waals surface area (Å²) in [6.45, 7) is 8.50. The topological polar surface area (TPSA) is 57.9 Å². The average Bonchev–Trinajstić information content (AvgIpc) is 3.13. The van der Waals surface area contributed by atoms with Gasteiger partial charge in [-0.1, -0.05) is 12.1 Å². The van der Waals surface area contributed by atoms with Gasteiger partial charge in [0.15, 0.2) is 0 Å². The molecule has 0 saturated heterocycles. The van der Waals surface area contributed by atoms with Gasteiger partial charge < -0.3 is 14.7 Å². The van der Waals surface area contributed by atoms with E-state index in [2.05, 4.69) is 37.7 Å². The number of aryl methyl sites for hydroxylation is 2. The second-order valence-electron chi connectivity index (χ2n) is 6.57. The van der Waals surface area contributed by atoms with Crippen LogP contribution in [0.5, 0.6) is 0 Å². The first-order valence-electron chi connectivity index (χ1n) is 8.41. The number of hydrogen-bond acceptors (Lipinski definition) is 2. The van der Waals surface area contributed by atoms with Crippen LogP contribution in [-0.4, -0.2) is 23.0 Å². The lowest BCUT2D eigenvalue weighted by Crippen LogP contribution is -2.08. The Balaban J connectivity index is 2.13. The number of hydrogen-bond donors (Lipinski definition) is 2. The number of aromatic amines is 2. The molecule has 0 aliphatic rings. The number of H-pyrrole nitrogens is 2. The molecule has 0 bridgehead atoms. The van der Waals surface area contributed by atoms with E-state index in [-0.39, 0.29) is 11.9 Å². The number of methoxy groups -OCH3 is 1. The molecular weight excluding hydrogens is 312 g/mol. The fraction of sp³-hybridized carbons (Fsp3) is 0.286. The zero-order valence-electron chi connectivity index (χ0n) is 15.4. The summed E-state index contributed by atoms with van der Waals surface area (Å²) >= 11 is 0. The summed E-state index contributed by atoms with van der Waals surface area (Å²) in [5, 5.41) is 0. The highest BCUT2D eigenvalue weighted by Crippen LogP contribution is 2.35. The Labute approximate surface area is 148 Å². The van der Waals surface area contributed by atoms with Crippen molar-refractivity contribution in [3.8, 4) is 0 Å². The van der Waals surface area contributed by atoms with Crippen molar-refractivity contribution in [2.24, 2.45) is 0 Å². The highest BCUT2D eigenvalue weighted by atomic mass is 16.5. The van der Waals surface area contributed by atoms with Crippen molar-refractivity contribution in [1.29, 1.82) is 0 Å². The third-order valence-electron chi connectivity index (χ3n) is 5.12. The zero-order valence-corrected chi connectivity index (χ0v) is 15.4. The number of rotatable bonds is 4. The van der Waals surface area contributed by atoms with Gasteiger partial charge in [0, 0.05) is 23.8 Å². The van der Waals surface area contributed by atoms with Gasteiger partial charge in [0.2, 0.25) is 0 Å². The van der Waals surface area contributed by atoms with Gasteiger partial charge in [-0.05, 0) is 67.6 Å². The molecule has 0 aliphatic heterocycles. The normalized spacial score (nSPS) is 11.1. The molecule has 130 valence electrons. The molecular formula is C21H24N2O2. The van der Waals surface area contributed by atoms with Crippen molar-refractivity contribution in [3.63, 3.8) is 0 Å². The lowest BCUT2D eigenvalue weighted by atomic mass is 9.87. The summed E-state index contributed by atoms with van der Waals surface area (Å²) in [6.07, 6.45) is 4.09. The van der Waals surface area contributed by atoms with Gasteiger partial charge in [-0.15, -0.1) is 0 Å². The third kappa shape index (κ3) is 3.00. The van der Waals surface area contributed by atoms with Gasteiger partial charge in [0.05, 0.1) is 18.6 Å². The van der Waals surface area contributed by atoms with Gasteiger partial charge >= 0.3 is 5.97 Å². The van der Waals surface area contributed by atoms with Crippen LogP contribution < -0.4 is 0 Å². The minimum absolute atomic E-state index is 0.0640.